The first-order chi connectivity index (χ1) is 9.88. The van der Waals surface area contributed by atoms with Crippen LogP contribution in [0.2, 0.25) is 0 Å². The van der Waals surface area contributed by atoms with E-state index in [0.717, 1.165) is 0 Å². The van der Waals surface area contributed by atoms with Crippen molar-refractivity contribution in [2.24, 2.45) is 0 Å². The molecule has 0 heterocycles. The molecule has 6 nitrogen and oxygen atoms in total. The van der Waals surface area contributed by atoms with E-state index in [1.54, 1.807) is 12.1 Å². The van der Waals surface area contributed by atoms with Crippen LogP contribution in [0, 0.1) is 0 Å². The minimum atomic E-state index is -1.03. The molecular weight excluding hydrogens is 272 g/mol. The van der Waals surface area contributed by atoms with E-state index in [-0.39, 0.29) is 42.8 Å². The van der Waals surface area contributed by atoms with Crippen molar-refractivity contribution in [3.05, 3.63) is 35.4 Å². The highest BCUT2D eigenvalue weighted by molar-refractivity contribution is 5.88. The van der Waals surface area contributed by atoms with Crippen molar-refractivity contribution < 1.29 is 19.5 Å². The van der Waals surface area contributed by atoms with Crippen LogP contribution in [0.1, 0.15) is 36.2 Å². The lowest BCUT2D eigenvalue weighted by atomic mass is 10.1. The Labute approximate surface area is 123 Å². The van der Waals surface area contributed by atoms with Crippen molar-refractivity contribution in [1.82, 2.24) is 10.6 Å². The average Bonchev–Trinajstić information content (AvgIpc) is 2.37. The largest absolute Gasteiger partial charge is 0.478 e. The minimum absolute atomic E-state index is 0.0759. The lowest BCUT2D eigenvalue weighted by Gasteiger charge is -2.09. The summed E-state index contributed by atoms with van der Waals surface area (Å²) in [7, 11) is 0. The molecule has 2 amide bonds. The number of benzene rings is 1. The van der Waals surface area contributed by atoms with Gasteiger partial charge in [-0.1, -0.05) is 12.1 Å². The summed E-state index contributed by atoms with van der Waals surface area (Å²) in [6.45, 7) is 3.99. The fourth-order valence-electron chi connectivity index (χ4n) is 1.77. The van der Waals surface area contributed by atoms with Gasteiger partial charge in [-0.15, -0.1) is 0 Å². The van der Waals surface area contributed by atoms with Gasteiger partial charge in [0, 0.05) is 19.0 Å². The Bertz CT molecular complexity index is 526. The van der Waals surface area contributed by atoms with Gasteiger partial charge in [0.25, 0.3) is 0 Å². The van der Waals surface area contributed by atoms with Gasteiger partial charge in [0.2, 0.25) is 11.8 Å². The molecule has 0 unspecified atom stereocenters. The number of carboxylic acid groups (broad SMARTS) is 1. The summed E-state index contributed by atoms with van der Waals surface area (Å²) in [6.07, 6.45) is 0.312. The van der Waals surface area contributed by atoms with Crippen molar-refractivity contribution in [3.63, 3.8) is 0 Å². The molecule has 1 aromatic carbocycles. The molecule has 0 radical (unpaired) electrons. The Morgan fingerprint density at radius 1 is 1.19 bits per heavy atom. The highest BCUT2D eigenvalue weighted by atomic mass is 16.4. The van der Waals surface area contributed by atoms with Crippen LogP contribution in [0.15, 0.2) is 24.3 Å². The molecule has 0 aliphatic heterocycles. The number of rotatable bonds is 7. The maximum absolute atomic E-state index is 11.7. The second-order valence-electron chi connectivity index (χ2n) is 5.00. The van der Waals surface area contributed by atoms with Crippen molar-refractivity contribution in [3.8, 4) is 0 Å². The highest BCUT2D eigenvalue weighted by Gasteiger charge is 2.08. The van der Waals surface area contributed by atoms with Gasteiger partial charge in [0.05, 0.1) is 12.0 Å². The van der Waals surface area contributed by atoms with Crippen LogP contribution in [0.5, 0.6) is 0 Å². The number of hydrogen-bond donors (Lipinski definition) is 3. The van der Waals surface area contributed by atoms with E-state index in [4.69, 9.17) is 5.11 Å². The molecule has 0 saturated carbocycles. The molecule has 0 aromatic heterocycles. The predicted molar refractivity (Wildman–Crippen MR) is 78.0 cm³/mol. The minimum Gasteiger partial charge on any atom is -0.478 e. The highest BCUT2D eigenvalue weighted by Crippen LogP contribution is 2.06. The number of carboxylic acids is 1. The first-order valence-electron chi connectivity index (χ1n) is 6.76. The topological polar surface area (TPSA) is 95.5 Å². The molecule has 114 valence electrons. The molecule has 0 spiro atoms. The summed E-state index contributed by atoms with van der Waals surface area (Å²) < 4.78 is 0. The normalized spacial score (nSPS) is 10.2. The van der Waals surface area contributed by atoms with Crippen LogP contribution >= 0.6 is 0 Å². The Morgan fingerprint density at radius 2 is 1.90 bits per heavy atom. The van der Waals surface area contributed by atoms with Gasteiger partial charge in [-0.2, -0.15) is 0 Å². The summed E-state index contributed by atoms with van der Waals surface area (Å²) in [5.74, 6) is -1.38. The van der Waals surface area contributed by atoms with E-state index in [1.807, 2.05) is 13.8 Å². The van der Waals surface area contributed by atoms with E-state index in [9.17, 15) is 14.4 Å². The van der Waals surface area contributed by atoms with Gasteiger partial charge in [-0.25, -0.2) is 4.79 Å². The van der Waals surface area contributed by atoms with Crippen molar-refractivity contribution in [2.45, 2.75) is 32.7 Å². The molecule has 0 bridgehead atoms. The fraction of sp³-hybridized carbons (Fsp3) is 0.400. The molecule has 1 rings (SSSR count). The molecule has 3 N–H and O–H groups in total. The van der Waals surface area contributed by atoms with Crippen LogP contribution in [0.3, 0.4) is 0 Å². The quantitative estimate of drug-likeness (QED) is 0.697. The second kappa shape index (κ2) is 8.04. The first kappa shape index (κ1) is 16.7. The van der Waals surface area contributed by atoms with Crippen LogP contribution in [0.4, 0.5) is 0 Å². The van der Waals surface area contributed by atoms with E-state index in [2.05, 4.69) is 10.6 Å². The maximum Gasteiger partial charge on any atom is 0.335 e. The first-order valence-corrected chi connectivity index (χ1v) is 6.76. The monoisotopic (exact) mass is 292 g/mol. The summed E-state index contributed by atoms with van der Waals surface area (Å²) in [4.78, 5) is 33.9. The summed E-state index contributed by atoms with van der Waals surface area (Å²) in [6, 6.07) is 6.31. The molecule has 0 fully saturated rings. The second-order valence-corrected chi connectivity index (χ2v) is 5.00. The smallest absolute Gasteiger partial charge is 0.335 e. The standard InChI is InChI=1S/C15H20N2O4/c1-10(2)17-13(18)6-7-16-14(19)9-11-4-3-5-12(8-11)15(20)21/h3-5,8,10H,6-7,9H2,1-2H3,(H,16,19)(H,17,18)(H,20,21). The lowest BCUT2D eigenvalue weighted by Crippen LogP contribution is -2.34. The summed E-state index contributed by atoms with van der Waals surface area (Å²) >= 11 is 0. The average molecular weight is 292 g/mol. The van der Waals surface area contributed by atoms with Crippen LogP contribution < -0.4 is 10.6 Å². The Kier molecular flexibility index (Phi) is 6.39. The summed E-state index contributed by atoms with van der Waals surface area (Å²) in [5, 5.41) is 14.2. The third-order valence-electron chi connectivity index (χ3n) is 2.66. The van der Waals surface area contributed by atoms with E-state index in [0.29, 0.717) is 5.56 Å². The van der Waals surface area contributed by atoms with Gasteiger partial charge < -0.3 is 15.7 Å². The van der Waals surface area contributed by atoms with Crippen LogP contribution in [-0.4, -0.2) is 35.5 Å². The molecule has 21 heavy (non-hydrogen) atoms. The number of carbonyl (C=O) groups is 3. The Balaban J connectivity index is 2.39. The van der Waals surface area contributed by atoms with Crippen LogP contribution in [0.25, 0.3) is 0 Å². The number of hydrogen-bond acceptors (Lipinski definition) is 3. The molecular formula is C15H20N2O4. The van der Waals surface area contributed by atoms with Crippen molar-refractivity contribution in [1.29, 1.82) is 0 Å². The molecule has 6 heteroatoms. The number of nitrogens with one attached hydrogen (secondary N) is 2. The van der Waals surface area contributed by atoms with Gasteiger partial charge in [-0.05, 0) is 31.5 Å². The summed E-state index contributed by atoms with van der Waals surface area (Å²) in [5.41, 5.74) is 0.774. The Hall–Kier alpha value is -2.37. The maximum atomic E-state index is 11.7. The zero-order valence-electron chi connectivity index (χ0n) is 12.2. The number of aromatic carboxylic acids is 1. The fourth-order valence-corrected chi connectivity index (χ4v) is 1.77. The Morgan fingerprint density at radius 3 is 2.52 bits per heavy atom. The van der Waals surface area contributed by atoms with E-state index < -0.39 is 5.97 Å². The third kappa shape index (κ3) is 6.56. The molecule has 0 aliphatic rings. The SMILES string of the molecule is CC(C)NC(=O)CCNC(=O)Cc1cccc(C(=O)O)c1. The molecule has 0 atom stereocenters. The molecule has 0 aliphatic carbocycles. The zero-order valence-corrected chi connectivity index (χ0v) is 12.2. The third-order valence-corrected chi connectivity index (χ3v) is 2.66. The number of carbonyl (C=O) groups excluding carboxylic acids is 2. The lowest BCUT2D eigenvalue weighted by molar-refractivity contribution is -0.122. The van der Waals surface area contributed by atoms with E-state index in [1.165, 1.54) is 12.1 Å². The predicted octanol–water partition coefficient (Wildman–Crippen LogP) is 0.958. The van der Waals surface area contributed by atoms with Crippen LogP contribution in [-0.2, 0) is 16.0 Å². The molecule has 1 aromatic rings. The molecule has 0 saturated heterocycles. The van der Waals surface area contributed by atoms with Gasteiger partial charge >= 0.3 is 5.97 Å². The van der Waals surface area contributed by atoms with Crippen molar-refractivity contribution in [2.75, 3.05) is 6.54 Å². The zero-order chi connectivity index (χ0) is 15.8. The van der Waals surface area contributed by atoms with Gasteiger partial charge in [0.1, 0.15) is 0 Å². The van der Waals surface area contributed by atoms with E-state index >= 15 is 0 Å². The van der Waals surface area contributed by atoms with Gasteiger partial charge in [0.15, 0.2) is 0 Å². The van der Waals surface area contributed by atoms with Crippen molar-refractivity contribution >= 4 is 17.8 Å². The van der Waals surface area contributed by atoms with Gasteiger partial charge in [-0.3, -0.25) is 9.59 Å². The number of amides is 2.